The Labute approximate surface area is 362 Å². The molecular weight excluding hydrogens is 942 g/mol. The van der Waals surface area contributed by atoms with Gasteiger partial charge in [0.05, 0.1) is 35.1 Å². The monoisotopic (exact) mass is 980 g/mol. The van der Waals surface area contributed by atoms with Crippen LogP contribution in [0.5, 0.6) is 12.0 Å². The lowest BCUT2D eigenvalue weighted by atomic mass is 10.2. The molecule has 4 N–H and O–H groups in total. The highest BCUT2D eigenvalue weighted by Gasteiger charge is 2.37. The van der Waals surface area contributed by atoms with Crippen molar-refractivity contribution >= 4 is 57.7 Å². The second-order valence-corrected chi connectivity index (χ2v) is 12.1. The number of nitrogens with one attached hydrogen (secondary N) is 4. The van der Waals surface area contributed by atoms with Gasteiger partial charge in [-0.05, 0) is 35.9 Å². The van der Waals surface area contributed by atoms with Crippen LogP contribution in [0.4, 0.5) is 65.4 Å². The number of nitrogens with zero attached hydrogens (tertiary/aromatic N) is 6. The molecule has 0 fully saturated rings. The third kappa shape index (κ3) is 19.6. The predicted molar refractivity (Wildman–Crippen MR) is 206 cm³/mol. The minimum atomic E-state index is -4.82. The van der Waals surface area contributed by atoms with Crippen molar-refractivity contribution in [1.82, 2.24) is 40.9 Å². The zero-order chi connectivity index (χ0) is 46.7. The lowest BCUT2D eigenvalue weighted by molar-refractivity contribution is -0.140. The van der Waals surface area contributed by atoms with E-state index in [0.717, 1.165) is 38.5 Å². The summed E-state index contributed by atoms with van der Waals surface area (Å²) in [6.45, 7) is 8.00. The second kappa shape index (κ2) is 27.5. The van der Waals surface area contributed by atoms with Gasteiger partial charge in [-0.25, -0.2) is 37.7 Å². The minimum Gasteiger partial charge on any atom is -0.467 e. The van der Waals surface area contributed by atoms with Crippen LogP contribution in [0, 0.1) is 0 Å². The molecule has 354 valence electrons. The zero-order valence-corrected chi connectivity index (χ0v) is 34.0. The Morgan fingerprint density at radius 3 is 1.33 bits per heavy atom. The van der Waals surface area contributed by atoms with E-state index in [-0.39, 0.29) is 14.9 Å². The Bertz CT molecular complexity index is 2110. The Kier molecular flexibility index (Phi) is 25.9. The first-order chi connectivity index (χ1) is 28.5. The van der Waals surface area contributed by atoms with Crippen LogP contribution in [0.25, 0.3) is 0 Å². The fraction of sp³-hybridized carbons (Fsp3) is 0.375. The van der Waals surface area contributed by atoms with Crippen molar-refractivity contribution in [2.24, 2.45) is 0 Å². The van der Waals surface area contributed by atoms with Crippen molar-refractivity contribution in [1.29, 1.82) is 0 Å². The fourth-order valence-electron chi connectivity index (χ4n) is 3.43. The van der Waals surface area contributed by atoms with Gasteiger partial charge >= 0.3 is 41.8 Å². The molecule has 2 unspecified atom stereocenters. The molecule has 31 heteroatoms. The molecular formula is C32H39ClF10N10O8S2. The lowest BCUT2D eigenvalue weighted by Crippen LogP contribution is -2.31. The van der Waals surface area contributed by atoms with Crippen LogP contribution in [0.1, 0.15) is 71.7 Å². The summed E-state index contributed by atoms with van der Waals surface area (Å²) in [6.07, 6.45) is -12.7. The van der Waals surface area contributed by atoms with Crippen molar-refractivity contribution in [2.45, 2.75) is 76.5 Å². The molecule has 0 aliphatic rings. The maximum Gasteiger partial charge on any atom is 0.417 e. The molecule has 0 aliphatic heterocycles. The number of anilines is 2. The number of carbonyl (C=O) groups excluding carboxylic acids is 2. The van der Waals surface area contributed by atoms with Gasteiger partial charge in [-0.1, -0.05) is 66.8 Å². The lowest BCUT2D eigenvalue weighted by Gasteiger charge is -2.12. The molecule has 0 saturated heterocycles. The Hall–Kier alpha value is -5.59. The van der Waals surface area contributed by atoms with E-state index in [1.807, 2.05) is 38.3 Å². The molecule has 0 saturated carbocycles. The number of halogens is 11. The highest BCUT2D eigenvalue weighted by molar-refractivity contribution is 7.80. The molecule has 0 spiro atoms. The second-order valence-electron chi connectivity index (χ2n) is 9.51. The van der Waals surface area contributed by atoms with Gasteiger partial charge in [0, 0.05) is 0 Å². The third-order valence-corrected chi connectivity index (χ3v) is 7.74. The summed E-state index contributed by atoms with van der Waals surface area (Å²) in [5.41, 5.74) is 0.610. The summed E-state index contributed by atoms with van der Waals surface area (Å²) in [6, 6.07) is 3.85. The number of alkyl halides is 11. The van der Waals surface area contributed by atoms with Crippen LogP contribution < -0.4 is 31.1 Å². The van der Waals surface area contributed by atoms with Crippen LogP contribution in [-0.2, 0) is 48.5 Å². The van der Waals surface area contributed by atoms with Gasteiger partial charge in [-0.2, -0.15) is 73.6 Å². The van der Waals surface area contributed by atoms with E-state index in [1.54, 1.807) is 5.48 Å². The number of amides is 4. The van der Waals surface area contributed by atoms with Crippen LogP contribution in [-0.4, -0.2) is 64.6 Å². The molecule has 0 radical (unpaired) electrons. The van der Waals surface area contributed by atoms with Crippen LogP contribution in [0.3, 0.4) is 0 Å². The summed E-state index contributed by atoms with van der Waals surface area (Å²) in [7, 11) is 2.12. The molecule has 4 rings (SSSR count). The first-order valence-electron chi connectivity index (χ1n) is 16.1. The number of hydrogen-bond donors (Lipinski definition) is 4. The highest BCUT2D eigenvalue weighted by atomic mass is 35.5. The standard InChI is InChI=1S/C13H9ClF5N5O4S.C13H10F5N5O4S.2C2H6.2CH4/c1-27-11-21-8(12(14,15)16)20-9(23-11)22-10(25)24-28-29(26)7-5-3-2-4-6(7)13(17,18)19;1-26-12-20-9(8(14)15)19-10(22-12)21-11(24)23-27-28(25)7-5-3-2-4-6(7)13(16,17)18;2*1-2;;/h2-5H,1H3,(H2,20,21,22,23,24,25);2-5,8H,1H3,(H2,19,20,21,22,23,24);2*1-2H3;2*1H4. The van der Waals surface area contributed by atoms with E-state index in [2.05, 4.69) is 47.9 Å². The third-order valence-electron chi connectivity index (χ3n) is 5.68. The van der Waals surface area contributed by atoms with Gasteiger partial charge in [-0.3, -0.25) is 10.6 Å². The van der Waals surface area contributed by atoms with Gasteiger partial charge in [0.15, 0.2) is 0 Å². The van der Waals surface area contributed by atoms with E-state index in [9.17, 15) is 61.9 Å². The Balaban J connectivity index is 0. The largest absolute Gasteiger partial charge is 0.467 e. The van der Waals surface area contributed by atoms with Gasteiger partial charge in [0.25, 0.3) is 6.43 Å². The number of urea groups is 2. The van der Waals surface area contributed by atoms with E-state index in [1.165, 1.54) is 17.6 Å². The minimum absolute atomic E-state index is 0. The van der Waals surface area contributed by atoms with Crippen molar-refractivity contribution < 1.29 is 80.0 Å². The number of benzene rings is 2. The number of carbonyl (C=O) groups is 2. The first-order valence-corrected chi connectivity index (χ1v) is 18.7. The number of hydrogen-bond acceptors (Lipinski definition) is 14. The van der Waals surface area contributed by atoms with Gasteiger partial charge in [-0.15, -0.1) is 0 Å². The SMILES string of the molecule is C.C.CC.CC.COc1nc(NC(=O)NOS(=O)c2ccccc2C(F)(F)F)nc(C(F)(F)Cl)n1.COc1nc(NC(=O)NOS(=O)c2ccccc2C(F)(F)F)nc(C(F)F)n1. The summed E-state index contributed by atoms with van der Waals surface area (Å²) in [5.74, 6) is -3.66. The van der Waals surface area contributed by atoms with Crippen molar-refractivity contribution in [3.05, 3.63) is 71.3 Å². The molecule has 4 aromatic rings. The van der Waals surface area contributed by atoms with Crippen molar-refractivity contribution in [3.63, 3.8) is 0 Å². The van der Waals surface area contributed by atoms with E-state index >= 15 is 0 Å². The summed E-state index contributed by atoms with van der Waals surface area (Å²) >= 11 is -0.692. The summed E-state index contributed by atoms with van der Waals surface area (Å²) < 4.78 is 171. The molecule has 0 bridgehead atoms. The Morgan fingerprint density at radius 1 is 0.619 bits per heavy atom. The fourth-order valence-corrected chi connectivity index (χ4v) is 5.11. The molecule has 2 atom stereocenters. The van der Waals surface area contributed by atoms with Crippen LogP contribution in [0.2, 0.25) is 0 Å². The maximum absolute atomic E-state index is 13.1. The molecule has 4 amide bonds. The average Bonchev–Trinajstić information content (AvgIpc) is 3.22. The highest BCUT2D eigenvalue weighted by Crippen LogP contribution is 2.35. The van der Waals surface area contributed by atoms with Crippen molar-refractivity contribution in [2.75, 3.05) is 24.9 Å². The number of ether oxygens (including phenoxy) is 2. The van der Waals surface area contributed by atoms with Crippen LogP contribution >= 0.6 is 11.6 Å². The number of rotatable bonds is 12. The Morgan fingerprint density at radius 2 is 0.984 bits per heavy atom. The molecule has 2 aromatic carbocycles. The number of methoxy groups -OCH3 is 2. The molecule has 63 heavy (non-hydrogen) atoms. The van der Waals surface area contributed by atoms with E-state index < -0.39 is 115 Å². The predicted octanol–water partition coefficient (Wildman–Crippen LogP) is 8.90. The number of aromatic nitrogens is 6. The normalized spacial score (nSPS) is 11.7. The summed E-state index contributed by atoms with van der Waals surface area (Å²) in [5, 5.41) is -0.340. The molecule has 18 nitrogen and oxygen atoms in total. The smallest absolute Gasteiger partial charge is 0.417 e. The van der Waals surface area contributed by atoms with Crippen molar-refractivity contribution in [3.8, 4) is 12.0 Å². The van der Waals surface area contributed by atoms with E-state index in [4.69, 9.17) is 11.6 Å². The van der Waals surface area contributed by atoms with E-state index in [0.29, 0.717) is 12.1 Å². The maximum atomic E-state index is 13.1. The first kappa shape index (κ1) is 59.5. The number of hydroxylamine groups is 2. The molecule has 2 aromatic heterocycles. The molecule has 2 heterocycles. The molecule has 0 aliphatic carbocycles. The van der Waals surface area contributed by atoms with Gasteiger partial charge < -0.3 is 9.47 Å². The van der Waals surface area contributed by atoms with Gasteiger partial charge in [0.1, 0.15) is 0 Å². The van der Waals surface area contributed by atoms with Crippen LogP contribution in [0.15, 0.2) is 58.3 Å². The summed E-state index contributed by atoms with van der Waals surface area (Å²) in [4.78, 5) is 41.7. The average molecular weight is 981 g/mol. The quantitative estimate of drug-likeness (QED) is 0.0590. The zero-order valence-electron chi connectivity index (χ0n) is 31.6. The topological polar surface area (TPSA) is 231 Å². The van der Waals surface area contributed by atoms with Gasteiger partial charge in [0.2, 0.25) is 45.7 Å².